The summed E-state index contributed by atoms with van der Waals surface area (Å²) in [7, 11) is 1.23. The lowest BCUT2D eigenvalue weighted by molar-refractivity contribution is -0.146. The average molecular weight is 211 g/mol. The minimum absolute atomic E-state index is 0.264. The molecule has 0 radical (unpaired) electrons. The smallest absolute Gasteiger partial charge is 0.330 e. The topological polar surface area (TPSA) is 92.8 Å². The number of methoxy groups -OCH3 is 1. The van der Waals surface area contributed by atoms with Crippen molar-refractivity contribution >= 4 is 5.97 Å². The van der Waals surface area contributed by atoms with Gasteiger partial charge in [-0.15, -0.1) is 0 Å². The minimum atomic E-state index is -1.35. The summed E-state index contributed by atoms with van der Waals surface area (Å²) in [5.74, 6) is -1.21. The van der Waals surface area contributed by atoms with E-state index >= 15 is 0 Å². The molecule has 5 heteroatoms. The van der Waals surface area contributed by atoms with E-state index < -0.39 is 11.5 Å². The number of carbonyl (C=O) groups is 1. The highest BCUT2D eigenvalue weighted by molar-refractivity contribution is 5.82. The third kappa shape index (κ3) is 2.02. The zero-order valence-electron chi connectivity index (χ0n) is 8.52. The predicted octanol–water partition coefficient (Wildman–Crippen LogP) is 0.445. The van der Waals surface area contributed by atoms with Crippen LogP contribution >= 0.6 is 0 Å². The van der Waals surface area contributed by atoms with Crippen molar-refractivity contribution in [1.29, 1.82) is 0 Å². The summed E-state index contributed by atoms with van der Waals surface area (Å²) in [5, 5.41) is 18.4. The lowest BCUT2D eigenvalue weighted by Gasteiger charge is -2.22. The molecule has 0 spiro atoms. The molecule has 0 heterocycles. The number of ether oxygens (including phenoxy) is 1. The van der Waals surface area contributed by atoms with Crippen LogP contribution in [-0.4, -0.2) is 23.3 Å². The van der Waals surface area contributed by atoms with E-state index in [4.69, 9.17) is 10.8 Å². The number of hydrogen-bond acceptors (Lipinski definition) is 5. The van der Waals surface area contributed by atoms with Crippen molar-refractivity contribution in [2.24, 2.45) is 5.73 Å². The van der Waals surface area contributed by atoms with Gasteiger partial charge in [-0.2, -0.15) is 0 Å². The molecule has 4 N–H and O–H groups in total. The van der Waals surface area contributed by atoms with Crippen LogP contribution in [0.3, 0.4) is 0 Å². The van der Waals surface area contributed by atoms with Crippen LogP contribution < -0.4 is 5.73 Å². The maximum Gasteiger partial charge on any atom is 0.330 e. The lowest BCUT2D eigenvalue weighted by atomic mass is 9.93. The summed E-state index contributed by atoms with van der Waals surface area (Å²) < 4.78 is 4.53. The number of phenols is 2. The number of aromatic hydroxyl groups is 2. The number of rotatable bonds is 2. The van der Waals surface area contributed by atoms with Crippen molar-refractivity contribution in [2.75, 3.05) is 7.11 Å². The quantitative estimate of drug-likeness (QED) is 0.487. The first kappa shape index (κ1) is 11.3. The van der Waals surface area contributed by atoms with Gasteiger partial charge in [-0.1, -0.05) is 6.07 Å². The fourth-order valence-electron chi connectivity index (χ4n) is 1.18. The molecule has 0 aliphatic rings. The standard InChI is InChI=1S/C10H13NO4/c1-10(11,9(14)15-2)6-3-4-7(12)8(13)5-6/h3-5,12-13H,11H2,1-2H3/t10-/m1/s1. The van der Waals surface area contributed by atoms with Gasteiger partial charge in [0, 0.05) is 0 Å². The van der Waals surface area contributed by atoms with Crippen LogP contribution in [0.5, 0.6) is 11.5 Å². The molecule has 15 heavy (non-hydrogen) atoms. The molecule has 0 aliphatic heterocycles. The predicted molar refractivity (Wildman–Crippen MR) is 53.3 cm³/mol. The van der Waals surface area contributed by atoms with Crippen molar-refractivity contribution in [3.05, 3.63) is 23.8 Å². The molecular weight excluding hydrogens is 198 g/mol. The second-order valence-corrected chi connectivity index (χ2v) is 3.40. The van der Waals surface area contributed by atoms with Gasteiger partial charge in [0.15, 0.2) is 11.5 Å². The summed E-state index contributed by atoms with van der Waals surface area (Å²) in [6.45, 7) is 1.46. The molecule has 0 bridgehead atoms. The van der Waals surface area contributed by atoms with Gasteiger partial charge in [0.05, 0.1) is 7.11 Å². The Labute approximate surface area is 87.1 Å². The molecule has 0 amide bonds. The first-order valence-corrected chi connectivity index (χ1v) is 4.29. The fraction of sp³-hybridized carbons (Fsp3) is 0.300. The van der Waals surface area contributed by atoms with Gasteiger partial charge in [-0.25, -0.2) is 4.79 Å². The zero-order chi connectivity index (χ0) is 11.6. The van der Waals surface area contributed by atoms with E-state index in [0.29, 0.717) is 5.56 Å². The van der Waals surface area contributed by atoms with Crippen LogP contribution in [0, 0.1) is 0 Å². The summed E-state index contributed by atoms with van der Waals surface area (Å²) in [6.07, 6.45) is 0. The second-order valence-electron chi connectivity index (χ2n) is 3.40. The van der Waals surface area contributed by atoms with E-state index in [9.17, 15) is 9.90 Å². The van der Waals surface area contributed by atoms with Gasteiger partial charge in [0.25, 0.3) is 0 Å². The van der Waals surface area contributed by atoms with E-state index in [1.165, 1.54) is 32.2 Å². The lowest BCUT2D eigenvalue weighted by Crippen LogP contribution is -2.42. The van der Waals surface area contributed by atoms with Crippen molar-refractivity contribution in [2.45, 2.75) is 12.5 Å². The van der Waals surface area contributed by atoms with E-state index in [-0.39, 0.29) is 11.5 Å². The summed E-state index contributed by atoms with van der Waals surface area (Å²) in [4.78, 5) is 11.3. The molecule has 1 aromatic carbocycles. The molecule has 1 atom stereocenters. The van der Waals surface area contributed by atoms with Crippen LogP contribution in [0.15, 0.2) is 18.2 Å². The van der Waals surface area contributed by atoms with Crippen molar-refractivity contribution < 1.29 is 19.7 Å². The van der Waals surface area contributed by atoms with Crippen LogP contribution in [0.4, 0.5) is 0 Å². The largest absolute Gasteiger partial charge is 0.504 e. The maximum atomic E-state index is 11.3. The number of nitrogens with two attached hydrogens (primary N) is 1. The molecule has 0 aromatic heterocycles. The summed E-state index contributed by atoms with van der Waals surface area (Å²) >= 11 is 0. The maximum absolute atomic E-state index is 11.3. The highest BCUT2D eigenvalue weighted by atomic mass is 16.5. The normalized spacial score (nSPS) is 14.3. The van der Waals surface area contributed by atoms with E-state index in [1.807, 2.05) is 0 Å². The molecule has 0 saturated carbocycles. The Morgan fingerprint density at radius 2 is 2.00 bits per heavy atom. The van der Waals surface area contributed by atoms with E-state index in [0.717, 1.165) is 0 Å². The Kier molecular flexibility index (Phi) is 2.85. The number of hydrogen-bond donors (Lipinski definition) is 3. The molecule has 0 aliphatic carbocycles. The van der Waals surface area contributed by atoms with Gasteiger partial charge in [-0.05, 0) is 24.6 Å². The second kappa shape index (κ2) is 3.78. The van der Waals surface area contributed by atoms with Gasteiger partial charge < -0.3 is 20.7 Å². The molecule has 1 aromatic rings. The Morgan fingerprint density at radius 1 is 1.40 bits per heavy atom. The van der Waals surface area contributed by atoms with Gasteiger partial charge >= 0.3 is 5.97 Å². The summed E-state index contributed by atoms with van der Waals surface area (Å²) in [5.41, 5.74) is 4.76. The fourth-order valence-corrected chi connectivity index (χ4v) is 1.18. The Hall–Kier alpha value is -1.75. The van der Waals surface area contributed by atoms with Crippen LogP contribution in [0.1, 0.15) is 12.5 Å². The van der Waals surface area contributed by atoms with E-state index in [2.05, 4.69) is 4.74 Å². The van der Waals surface area contributed by atoms with Crippen molar-refractivity contribution in [3.8, 4) is 11.5 Å². The SMILES string of the molecule is COC(=O)[C@](C)(N)c1ccc(O)c(O)c1. The molecular formula is C10H13NO4. The molecule has 0 fully saturated rings. The third-order valence-corrected chi connectivity index (χ3v) is 2.18. The van der Waals surface area contributed by atoms with Gasteiger partial charge in [0.2, 0.25) is 0 Å². The number of carbonyl (C=O) groups excluding carboxylic acids is 1. The highest BCUT2D eigenvalue weighted by Crippen LogP contribution is 2.29. The van der Waals surface area contributed by atoms with Crippen LogP contribution in [0.25, 0.3) is 0 Å². The molecule has 0 saturated heterocycles. The molecule has 5 nitrogen and oxygen atoms in total. The first-order valence-electron chi connectivity index (χ1n) is 4.29. The Bertz CT molecular complexity index is 387. The van der Waals surface area contributed by atoms with Gasteiger partial charge in [-0.3, -0.25) is 0 Å². The zero-order valence-corrected chi connectivity index (χ0v) is 8.52. The molecule has 0 unspecified atom stereocenters. The monoisotopic (exact) mass is 211 g/mol. The molecule has 82 valence electrons. The number of phenolic OH excluding ortho intramolecular Hbond substituents is 2. The van der Waals surface area contributed by atoms with E-state index in [1.54, 1.807) is 0 Å². The molecule has 1 rings (SSSR count). The highest BCUT2D eigenvalue weighted by Gasteiger charge is 2.32. The Balaban J connectivity index is 3.16. The van der Waals surface area contributed by atoms with Crippen LogP contribution in [-0.2, 0) is 15.1 Å². The van der Waals surface area contributed by atoms with Crippen molar-refractivity contribution in [3.63, 3.8) is 0 Å². The first-order chi connectivity index (χ1) is 6.89. The number of esters is 1. The minimum Gasteiger partial charge on any atom is -0.504 e. The van der Waals surface area contributed by atoms with Gasteiger partial charge in [0.1, 0.15) is 5.54 Å². The number of benzene rings is 1. The van der Waals surface area contributed by atoms with Crippen molar-refractivity contribution in [1.82, 2.24) is 0 Å². The van der Waals surface area contributed by atoms with Crippen LogP contribution in [0.2, 0.25) is 0 Å². The Morgan fingerprint density at radius 3 is 2.47 bits per heavy atom. The summed E-state index contributed by atoms with van der Waals surface area (Å²) in [6, 6.07) is 3.94. The third-order valence-electron chi connectivity index (χ3n) is 2.18. The average Bonchev–Trinajstić information content (AvgIpc) is 2.20.